The number of hydrogen-bond acceptors (Lipinski definition) is 5. The van der Waals surface area contributed by atoms with Crippen LogP contribution in [-0.4, -0.2) is 23.2 Å². The quantitative estimate of drug-likeness (QED) is 0.467. The fourth-order valence-corrected chi connectivity index (χ4v) is 3.65. The molecule has 8 heteroatoms. The van der Waals surface area contributed by atoms with Crippen molar-refractivity contribution in [3.8, 4) is 17.1 Å². The summed E-state index contributed by atoms with van der Waals surface area (Å²) in [6.45, 7) is 1.70. The SMILES string of the molecule is COc1c(C)cc(Br)cc1C(=O)NC(=S)Nc1cccc(-c2ccc(CO)o2)c1. The van der Waals surface area contributed by atoms with Gasteiger partial charge >= 0.3 is 0 Å². The minimum atomic E-state index is -0.376. The maximum Gasteiger partial charge on any atom is 0.261 e. The number of ether oxygens (including phenoxy) is 1. The molecule has 0 saturated carbocycles. The highest BCUT2D eigenvalue weighted by atomic mass is 79.9. The molecule has 3 N–H and O–H groups in total. The van der Waals surface area contributed by atoms with Gasteiger partial charge in [-0.05, 0) is 61.1 Å². The zero-order chi connectivity index (χ0) is 21.0. The van der Waals surface area contributed by atoms with Gasteiger partial charge in [-0.25, -0.2) is 0 Å². The maximum absolute atomic E-state index is 12.7. The van der Waals surface area contributed by atoms with E-state index < -0.39 is 0 Å². The number of aliphatic hydroxyl groups excluding tert-OH is 1. The molecule has 3 aromatic rings. The second kappa shape index (κ2) is 9.21. The number of methoxy groups -OCH3 is 1. The molecule has 0 atom stereocenters. The van der Waals surface area contributed by atoms with Crippen molar-refractivity contribution < 1.29 is 19.1 Å². The van der Waals surface area contributed by atoms with E-state index in [2.05, 4.69) is 26.6 Å². The first-order chi connectivity index (χ1) is 13.9. The van der Waals surface area contributed by atoms with E-state index >= 15 is 0 Å². The van der Waals surface area contributed by atoms with Gasteiger partial charge in [-0.15, -0.1) is 0 Å². The summed E-state index contributed by atoms with van der Waals surface area (Å²) in [5, 5.41) is 15.0. The summed E-state index contributed by atoms with van der Waals surface area (Å²) in [5.74, 6) is 1.23. The third-order valence-electron chi connectivity index (χ3n) is 4.14. The number of thiocarbonyl (C=S) groups is 1. The van der Waals surface area contributed by atoms with Gasteiger partial charge < -0.3 is 19.6 Å². The minimum Gasteiger partial charge on any atom is -0.496 e. The van der Waals surface area contributed by atoms with Crippen LogP contribution in [0.3, 0.4) is 0 Å². The molecule has 29 heavy (non-hydrogen) atoms. The average molecular weight is 475 g/mol. The van der Waals surface area contributed by atoms with Crippen LogP contribution in [0.25, 0.3) is 11.3 Å². The van der Waals surface area contributed by atoms with Crippen LogP contribution in [-0.2, 0) is 6.61 Å². The Hall–Kier alpha value is -2.68. The molecule has 0 aliphatic rings. The Morgan fingerprint density at radius 2 is 2.03 bits per heavy atom. The predicted molar refractivity (Wildman–Crippen MR) is 119 cm³/mol. The lowest BCUT2D eigenvalue weighted by molar-refractivity contribution is 0.0974. The van der Waals surface area contributed by atoms with E-state index in [4.69, 9.17) is 26.5 Å². The van der Waals surface area contributed by atoms with Crippen LogP contribution in [0.4, 0.5) is 5.69 Å². The van der Waals surface area contributed by atoms with Gasteiger partial charge in [0.1, 0.15) is 23.9 Å². The first-order valence-corrected chi connectivity index (χ1v) is 9.88. The van der Waals surface area contributed by atoms with E-state index in [1.165, 1.54) is 7.11 Å². The largest absolute Gasteiger partial charge is 0.496 e. The molecular formula is C21H19BrN2O4S. The van der Waals surface area contributed by atoms with Crippen molar-refractivity contribution in [1.82, 2.24) is 5.32 Å². The number of carbonyl (C=O) groups excluding carboxylic acids is 1. The Balaban J connectivity index is 1.73. The van der Waals surface area contributed by atoms with Crippen LogP contribution in [0.2, 0.25) is 0 Å². The molecule has 0 aliphatic heterocycles. The Morgan fingerprint density at radius 3 is 2.72 bits per heavy atom. The fourth-order valence-electron chi connectivity index (χ4n) is 2.87. The monoisotopic (exact) mass is 474 g/mol. The highest BCUT2D eigenvalue weighted by Crippen LogP contribution is 2.28. The molecular weight excluding hydrogens is 456 g/mol. The molecule has 0 bridgehead atoms. The number of amides is 1. The van der Waals surface area contributed by atoms with Gasteiger partial charge in [0.05, 0.1) is 12.7 Å². The molecule has 0 fully saturated rings. The number of furan rings is 1. The van der Waals surface area contributed by atoms with Crippen LogP contribution in [0.15, 0.2) is 57.4 Å². The van der Waals surface area contributed by atoms with Gasteiger partial charge in [-0.1, -0.05) is 28.1 Å². The topological polar surface area (TPSA) is 83.7 Å². The summed E-state index contributed by atoms with van der Waals surface area (Å²) in [6.07, 6.45) is 0. The number of anilines is 1. The van der Waals surface area contributed by atoms with Crippen molar-refractivity contribution in [3.05, 3.63) is 69.9 Å². The van der Waals surface area contributed by atoms with E-state index in [0.29, 0.717) is 28.5 Å². The molecule has 1 amide bonds. The molecule has 0 unspecified atom stereocenters. The first kappa shape index (κ1) is 21.0. The fraction of sp³-hybridized carbons (Fsp3) is 0.143. The summed E-state index contributed by atoms with van der Waals surface area (Å²) >= 11 is 8.68. The Kier molecular flexibility index (Phi) is 6.68. The van der Waals surface area contributed by atoms with Gasteiger partial charge in [-0.2, -0.15) is 0 Å². The lowest BCUT2D eigenvalue weighted by Crippen LogP contribution is -2.34. The van der Waals surface area contributed by atoms with Crippen LogP contribution < -0.4 is 15.4 Å². The molecule has 0 radical (unpaired) electrons. The van der Waals surface area contributed by atoms with Gasteiger partial charge in [0, 0.05) is 15.7 Å². The molecule has 0 saturated heterocycles. The van der Waals surface area contributed by atoms with E-state index in [0.717, 1.165) is 15.6 Å². The van der Waals surface area contributed by atoms with Crippen LogP contribution >= 0.6 is 28.1 Å². The highest BCUT2D eigenvalue weighted by Gasteiger charge is 2.17. The van der Waals surface area contributed by atoms with E-state index in [1.54, 1.807) is 18.2 Å². The zero-order valence-corrected chi connectivity index (χ0v) is 18.2. The number of rotatable bonds is 5. The van der Waals surface area contributed by atoms with Crippen LogP contribution in [0, 0.1) is 6.92 Å². The molecule has 150 valence electrons. The number of aryl methyl sites for hydroxylation is 1. The zero-order valence-electron chi connectivity index (χ0n) is 15.8. The number of halogens is 1. The summed E-state index contributed by atoms with van der Waals surface area (Å²) in [5.41, 5.74) is 2.71. The molecule has 1 aromatic heterocycles. The third-order valence-corrected chi connectivity index (χ3v) is 4.80. The predicted octanol–water partition coefficient (Wildman–Crippen LogP) is 4.65. The second-order valence-corrected chi connectivity index (χ2v) is 7.54. The molecule has 6 nitrogen and oxygen atoms in total. The highest BCUT2D eigenvalue weighted by molar-refractivity contribution is 9.10. The molecule has 3 rings (SSSR count). The lowest BCUT2D eigenvalue weighted by Gasteiger charge is -2.14. The Labute approximate surface area is 182 Å². The summed E-state index contributed by atoms with van der Waals surface area (Å²) in [6, 6.07) is 14.4. The number of carbonyl (C=O) groups is 1. The van der Waals surface area contributed by atoms with E-state index in [-0.39, 0.29) is 17.6 Å². The van der Waals surface area contributed by atoms with Crippen molar-refractivity contribution in [2.24, 2.45) is 0 Å². The third kappa shape index (κ3) is 5.03. The molecule has 2 aromatic carbocycles. The van der Waals surface area contributed by atoms with E-state index in [9.17, 15) is 4.79 Å². The number of aliphatic hydroxyl groups is 1. The van der Waals surface area contributed by atoms with Crippen molar-refractivity contribution in [2.45, 2.75) is 13.5 Å². The normalized spacial score (nSPS) is 10.5. The van der Waals surface area contributed by atoms with Gasteiger partial charge in [-0.3, -0.25) is 10.1 Å². The Morgan fingerprint density at radius 1 is 1.24 bits per heavy atom. The number of benzene rings is 2. The van der Waals surface area contributed by atoms with Gasteiger partial charge in [0.2, 0.25) is 0 Å². The van der Waals surface area contributed by atoms with Crippen molar-refractivity contribution >= 4 is 44.9 Å². The smallest absolute Gasteiger partial charge is 0.261 e. The van der Waals surface area contributed by atoms with Crippen molar-refractivity contribution in [2.75, 3.05) is 12.4 Å². The first-order valence-electron chi connectivity index (χ1n) is 8.67. The Bertz CT molecular complexity index is 1060. The number of nitrogens with one attached hydrogen (secondary N) is 2. The van der Waals surface area contributed by atoms with Crippen molar-refractivity contribution in [3.63, 3.8) is 0 Å². The standard InChI is InChI=1S/C21H19BrN2O4S/c1-12-8-14(22)10-17(19(12)27-2)20(26)24-21(29)23-15-5-3-4-13(9-15)18-7-6-16(11-25)28-18/h3-10,25H,11H2,1-2H3,(H2,23,24,26,29). The van der Waals surface area contributed by atoms with E-state index in [1.807, 2.05) is 37.3 Å². The molecule has 1 heterocycles. The summed E-state index contributed by atoms with van der Waals surface area (Å²) in [7, 11) is 1.52. The summed E-state index contributed by atoms with van der Waals surface area (Å²) in [4.78, 5) is 12.7. The maximum atomic E-state index is 12.7. The minimum absolute atomic E-state index is 0.155. The van der Waals surface area contributed by atoms with Crippen molar-refractivity contribution in [1.29, 1.82) is 0 Å². The molecule has 0 spiro atoms. The van der Waals surface area contributed by atoms with Crippen LogP contribution in [0.5, 0.6) is 5.75 Å². The number of hydrogen-bond donors (Lipinski definition) is 3. The average Bonchev–Trinajstić information content (AvgIpc) is 3.17. The second-order valence-electron chi connectivity index (χ2n) is 6.22. The lowest BCUT2D eigenvalue weighted by atomic mass is 10.1. The van der Waals surface area contributed by atoms with Gasteiger partial charge in [0.25, 0.3) is 5.91 Å². The summed E-state index contributed by atoms with van der Waals surface area (Å²) < 4.78 is 11.7. The molecule has 0 aliphatic carbocycles. The van der Waals surface area contributed by atoms with Crippen LogP contribution in [0.1, 0.15) is 21.7 Å². The van der Waals surface area contributed by atoms with Gasteiger partial charge in [0.15, 0.2) is 5.11 Å².